The van der Waals surface area contributed by atoms with Crippen LogP contribution in [-0.2, 0) is 0 Å². The summed E-state index contributed by atoms with van der Waals surface area (Å²) in [5, 5.41) is 0. The summed E-state index contributed by atoms with van der Waals surface area (Å²) in [6.07, 6.45) is 3.32. The maximum atomic E-state index is 12.0. The van der Waals surface area contributed by atoms with E-state index in [0.29, 0.717) is 9.21 Å². The highest BCUT2D eigenvalue weighted by Gasteiger charge is 2.05. The number of thiophene rings is 1. The second kappa shape index (κ2) is 7.27. The van der Waals surface area contributed by atoms with Gasteiger partial charge in [-0.1, -0.05) is 48.0 Å². The summed E-state index contributed by atoms with van der Waals surface area (Å²) in [5.74, 6) is 1.44. The van der Waals surface area contributed by atoms with Gasteiger partial charge in [-0.15, -0.1) is 11.3 Å². The average Bonchev–Trinajstić information content (AvgIpc) is 3.01. The Morgan fingerprint density at radius 1 is 0.957 bits per heavy atom. The van der Waals surface area contributed by atoms with Crippen molar-refractivity contribution in [3.05, 3.63) is 87.6 Å². The highest BCUT2D eigenvalue weighted by atomic mass is 35.5. The van der Waals surface area contributed by atoms with E-state index in [1.54, 1.807) is 24.3 Å². The summed E-state index contributed by atoms with van der Waals surface area (Å²) in [7, 11) is 0. The molecule has 114 valence electrons. The van der Waals surface area contributed by atoms with E-state index >= 15 is 0 Å². The van der Waals surface area contributed by atoms with Crippen molar-refractivity contribution in [2.45, 2.75) is 0 Å². The molecule has 0 saturated carbocycles. The lowest BCUT2D eigenvalue weighted by molar-refractivity contribution is 0.105. The Hall–Kier alpha value is -2.36. The molecule has 0 unspecified atom stereocenters. The van der Waals surface area contributed by atoms with E-state index in [1.807, 2.05) is 54.6 Å². The van der Waals surface area contributed by atoms with Crippen molar-refractivity contribution in [1.29, 1.82) is 0 Å². The number of allylic oxidation sites excluding steroid dienone is 1. The van der Waals surface area contributed by atoms with Crippen LogP contribution in [0.25, 0.3) is 6.08 Å². The van der Waals surface area contributed by atoms with Crippen LogP contribution in [0, 0.1) is 0 Å². The standard InChI is InChI=1S/C19H13ClO2S/c20-19-12-11-18(23-19)17(21)10-9-14-5-4-8-16(13-14)22-15-6-2-1-3-7-15/h1-13H/b10-9+. The van der Waals surface area contributed by atoms with Gasteiger partial charge in [-0.3, -0.25) is 4.79 Å². The molecule has 0 aliphatic carbocycles. The maximum absolute atomic E-state index is 12.0. The number of carbonyl (C=O) groups is 1. The van der Waals surface area contributed by atoms with Gasteiger partial charge in [0.2, 0.25) is 0 Å². The minimum Gasteiger partial charge on any atom is -0.457 e. The third kappa shape index (κ3) is 4.31. The molecule has 0 fully saturated rings. The fraction of sp³-hybridized carbons (Fsp3) is 0. The molecule has 0 N–H and O–H groups in total. The summed E-state index contributed by atoms with van der Waals surface area (Å²) in [5.41, 5.74) is 0.898. The number of ether oxygens (including phenoxy) is 1. The molecule has 0 saturated heterocycles. The SMILES string of the molecule is O=C(/C=C/c1cccc(Oc2ccccc2)c1)c1ccc(Cl)s1. The van der Waals surface area contributed by atoms with Crippen LogP contribution in [0.3, 0.4) is 0 Å². The van der Waals surface area contributed by atoms with Crippen molar-refractivity contribution in [1.82, 2.24) is 0 Å². The number of halogens is 1. The molecule has 0 atom stereocenters. The van der Waals surface area contributed by atoms with Crippen LogP contribution in [0.15, 0.2) is 72.8 Å². The molecule has 0 spiro atoms. The smallest absolute Gasteiger partial charge is 0.195 e. The zero-order valence-corrected chi connectivity index (χ0v) is 13.7. The zero-order chi connectivity index (χ0) is 16.1. The molecule has 0 amide bonds. The first-order valence-electron chi connectivity index (χ1n) is 7.01. The second-order valence-electron chi connectivity index (χ2n) is 4.79. The van der Waals surface area contributed by atoms with Gasteiger partial charge in [-0.25, -0.2) is 0 Å². The van der Waals surface area contributed by atoms with Gasteiger partial charge in [0.25, 0.3) is 0 Å². The molecular weight excluding hydrogens is 328 g/mol. The summed E-state index contributed by atoms with van der Waals surface area (Å²) in [4.78, 5) is 12.7. The topological polar surface area (TPSA) is 26.3 Å². The first-order valence-corrected chi connectivity index (χ1v) is 8.21. The van der Waals surface area contributed by atoms with Gasteiger partial charge in [-0.2, -0.15) is 0 Å². The number of carbonyl (C=O) groups excluding carboxylic acids is 1. The number of hydrogen-bond donors (Lipinski definition) is 0. The molecule has 1 heterocycles. The van der Waals surface area contributed by atoms with Gasteiger partial charge in [0.05, 0.1) is 9.21 Å². The third-order valence-corrected chi connectivity index (χ3v) is 4.33. The maximum Gasteiger partial charge on any atom is 0.195 e. The van der Waals surface area contributed by atoms with Gasteiger partial charge in [0, 0.05) is 0 Å². The van der Waals surface area contributed by atoms with Crippen LogP contribution >= 0.6 is 22.9 Å². The normalized spacial score (nSPS) is 10.8. The predicted molar refractivity (Wildman–Crippen MR) is 95.7 cm³/mol. The second-order valence-corrected chi connectivity index (χ2v) is 6.50. The van der Waals surface area contributed by atoms with Crippen LogP contribution in [0.4, 0.5) is 0 Å². The Balaban J connectivity index is 1.72. The minimum atomic E-state index is -0.0590. The molecule has 4 heteroatoms. The summed E-state index contributed by atoms with van der Waals surface area (Å²) in [6.45, 7) is 0. The predicted octanol–water partition coefficient (Wildman–Crippen LogP) is 6.09. The molecule has 2 aromatic carbocycles. The molecule has 23 heavy (non-hydrogen) atoms. The van der Waals surface area contributed by atoms with Crippen LogP contribution in [0.1, 0.15) is 15.2 Å². The Morgan fingerprint density at radius 2 is 1.74 bits per heavy atom. The monoisotopic (exact) mass is 340 g/mol. The van der Waals surface area contributed by atoms with Crippen molar-refractivity contribution < 1.29 is 9.53 Å². The van der Waals surface area contributed by atoms with E-state index in [9.17, 15) is 4.79 Å². The van der Waals surface area contributed by atoms with Crippen LogP contribution < -0.4 is 4.74 Å². The van der Waals surface area contributed by atoms with E-state index in [2.05, 4.69) is 0 Å². The van der Waals surface area contributed by atoms with Crippen molar-refractivity contribution in [2.24, 2.45) is 0 Å². The lowest BCUT2D eigenvalue weighted by Crippen LogP contribution is -1.89. The fourth-order valence-corrected chi connectivity index (χ4v) is 2.97. The van der Waals surface area contributed by atoms with E-state index in [4.69, 9.17) is 16.3 Å². The Kier molecular flexibility index (Phi) is 4.91. The highest BCUT2D eigenvalue weighted by molar-refractivity contribution is 7.18. The van der Waals surface area contributed by atoms with Crippen LogP contribution in [-0.4, -0.2) is 5.78 Å². The van der Waals surface area contributed by atoms with Crippen molar-refractivity contribution in [3.63, 3.8) is 0 Å². The average molecular weight is 341 g/mol. The first kappa shape index (κ1) is 15.5. The van der Waals surface area contributed by atoms with Gasteiger partial charge in [-0.05, 0) is 48.0 Å². The summed E-state index contributed by atoms with van der Waals surface area (Å²) >= 11 is 7.12. The lowest BCUT2D eigenvalue weighted by Gasteiger charge is -2.05. The van der Waals surface area contributed by atoms with Gasteiger partial charge < -0.3 is 4.74 Å². The molecule has 0 bridgehead atoms. The van der Waals surface area contributed by atoms with Crippen LogP contribution in [0.2, 0.25) is 4.34 Å². The molecule has 0 aliphatic rings. The third-order valence-electron chi connectivity index (χ3n) is 3.08. The molecule has 3 aromatic rings. The molecule has 2 nitrogen and oxygen atoms in total. The quantitative estimate of drug-likeness (QED) is 0.415. The van der Waals surface area contributed by atoms with Crippen molar-refractivity contribution in [2.75, 3.05) is 0 Å². The zero-order valence-electron chi connectivity index (χ0n) is 12.1. The number of rotatable bonds is 5. The van der Waals surface area contributed by atoms with E-state index in [1.165, 1.54) is 11.3 Å². The largest absolute Gasteiger partial charge is 0.457 e. The number of hydrogen-bond acceptors (Lipinski definition) is 3. The van der Waals surface area contributed by atoms with E-state index in [-0.39, 0.29) is 5.78 Å². The van der Waals surface area contributed by atoms with Gasteiger partial charge in [0.15, 0.2) is 5.78 Å². The van der Waals surface area contributed by atoms with Crippen LogP contribution in [0.5, 0.6) is 11.5 Å². The molecule has 0 aliphatic heterocycles. The highest BCUT2D eigenvalue weighted by Crippen LogP contribution is 2.24. The molecular formula is C19H13ClO2S. The Morgan fingerprint density at radius 3 is 2.48 bits per heavy atom. The van der Waals surface area contributed by atoms with E-state index in [0.717, 1.165) is 17.1 Å². The van der Waals surface area contributed by atoms with Gasteiger partial charge in [0.1, 0.15) is 11.5 Å². The van der Waals surface area contributed by atoms with E-state index < -0.39 is 0 Å². The van der Waals surface area contributed by atoms with Crippen molar-refractivity contribution >= 4 is 34.8 Å². The first-order chi connectivity index (χ1) is 11.2. The Labute approximate surface area is 143 Å². The van der Waals surface area contributed by atoms with Crippen molar-refractivity contribution in [3.8, 4) is 11.5 Å². The summed E-state index contributed by atoms with van der Waals surface area (Å²) in [6, 6.07) is 20.6. The number of para-hydroxylation sites is 1. The Bertz CT molecular complexity index is 837. The molecule has 0 radical (unpaired) electrons. The number of benzene rings is 2. The minimum absolute atomic E-state index is 0.0590. The molecule has 1 aromatic heterocycles. The molecule has 3 rings (SSSR count). The lowest BCUT2D eigenvalue weighted by atomic mass is 10.2. The van der Waals surface area contributed by atoms with Gasteiger partial charge >= 0.3 is 0 Å². The fourth-order valence-electron chi connectivity index (χ4n) is 2.01. The summed E-state index contributed by atoms with van der Waals surface area (Å²) < 4.78 is 6.39. The number of ketones is 1.